The van der Waals surface area contributed by atoms with Gasteiger partial charge >= 0.3 is 0 Å². The van der Waals surface area contributed by atoms with Crippen molar-refractivity contribution in [2.45, 2.75) is 44.7 Å². The molecule has 5 nitrogen and oxygen atoms in total. The van der Waals surface area contributed by atoms with Crippen LogP contribution < -0.4 is 14.2 Å². The third kappa shape index (κ3) is 2.76. The number of hydrogen-bond donors (Lipinski definition) is 2. The summed E-state index contributed by atoms with van der Waals surface area (Å²) in [6.07, 6.45) is 3.87. The predicted molar refractivity (Wildman–Crippen MR) is 110 cm³/mol. The third-order valence-electron chi connectivity index (χ3n) is 5.95. The van der Waals surface area contributed by atoms with Gasteiger partial charge in [0.1, 0.15) is 35.6 Å². The Morgan fingerprint density at radius 2 is 1.86 bits per heavy atom. The highest BCUT2D eigenvalue weighted by molar-refractivity contribution is 5.83. The lowest BCUT2D eigenvalue weighted by Crippen LogP contribution is -2.39. The molecule has 0 saturated heterocycles. The number of aliphatic hydroxyl groups excluding tert-OH is 2. The molecule has 5 heteroatoms. The van der Waals surface area contributed by atoms with E-state index in [0.717, 1.165) is 33.8 Å². The number of rotatable bonds is 2. The molecule has 2 aromatic rings. The summed E-state index contributed by atoms with van der Waals surface area (Å²) < 4.78 is 18.5. The molecule has 0 amide bonds. The summed E-state index contributed by atoms with van der Waals surface area (Å²) >= 11 is 0. The Balaban J connectivity index is 1.61. The molecule has 150 valence electrons. The maximum Gasteiger partial charge on any atom is 0.144 e. The molecule has 3 aliphatic heterocycles. The topological polar surface area (TPSA) is 68.2 Å². The Kier molecular flexibility index (Phi) is 4.02. The monoisotopic (exact) mass is 392 g/mol. The summed E-state index contributed by atoms with van der Waals surface area (Å²) in [6.45, 7) is 8.55. The molecule has 2 aromatic carbocycles. The maximum absolute atomic E-state index is 9.72. The summed E-state index contributed by atoms with van der Waals surface area (Å²) in [6, 6.07) is 7.70. The quantitative estimate of drug-likeness (QED) is 0.814. The zero-order valence-electron chi connectivity index (χ0n) is 16.6. The first kappa shape index (κ1) is 18.3. The molecule has 0 aliphatic carbocycles. The van der Waals surface area contributed by atoms with E-state index in [2.05, 4.69) is 12.7 Å². The first-order chi connectivity index (χ1) is 13.9. The molecule has 2 atom stereocenters. The van der Waals surface area contributed by atoms with Crippen molar-refractivity contribution in [1.29, 1.82) is 0 Å². The van der Waals surface area contributed by atoms with E-state index >= 15 is 0 Å². The number of hydrogen-bond acceptors (Lipinski definition) is 5. The van der Waals surface area contributed by atoms with Crippen LogP contribution in [0.15, 0.2) is 36.9 Å². The molecule has 0 radical (unpaired) electrons. The van der Waals surface area contributed by atoms with Crippen LogP contribution in [-0.4, -0.2) is 28.5 Å². The van der Waals surface area contributed by atoms with Gasteiger partial charge in [0.05, 0.1) is 24.7 Å². The Labute approximate surface area is 169 Å². The molecule has 0 saturated carbocycles. The van der Waals surface area contributed by atoms with Gasteiger partial charge < -0.3 is 24.4 Å². The van der Waals surface area contributed by atoms with Gasteiger partial charge in [-0.1, -0.05) is 6.58 Å². The van der Waals surface area contributed by atoms with Crippen molar-refractivity contribution in [2.75, 3.05) is 6.61 Å². The van der Waals surface area contributed by atoms with Crippen LogP contribution in [0, 0.1) is 0 Å². The molecule has 5 rings (SSSR count). The van der Waals surface area contributed by atoms with Crippen molar-refractivity contribution < 1.29 is 24.4 Å². The van der Waals surface area contributed by atoms with Crippen LogP contribution in [0.25, 0.3) is 11.6 Å². The first-order valence-electron chi connectivity index (χ1n) is 9.83. The Bertz CT molecular complexity index is 1050. The van der Waals surface area contributed by atoms with Crippen LogP contribution in [0.2, 0.25) is 0 Å². The van der Waals surface area contributed by atoms with Crippen LogP contribution in [0.1, 0.15) is 47.6 Å². The van der Waals surface area contributed by atoms with Gasteiger partial charge in [-0.05, 0) is 67.0 Å². The van der Waals surface area contributed by atoms with Gasteiger partial charge in [0, 0.05) is 11.1 Å². The second-order valence-electron chi connectivity index (χ2n) is 8.34. The van der Waals surface area contributed by atoms with Crippen LogP contribution in [-0.2, 0) is 13.2 Å². The molecule has 29 heavy (non-hydrogen) atoms. The standard InChI is InChI=1S/C24H24O5/c1-13-16-4-5-19-17(6-7-24(2,3)29-19)23(16)28-21-12-27-20-9-15(11-26)14(10-25)8-18(20)22(13)21/h4-9,21-22,25-26H,1,10-12H2,2-3H3/t21-,22+/m1/s1. The zero-order valence-corrected chi connectivity index (χ0v) is 16.6. The fourth-order valence-electron chi connectivity index (χ4n) is 4.46. The van der Waals surface area contributed by atoms with Crippen LogP contribution in [0.5, 0.6) is 17.2 Å². The Hall–Kier alpha value is -2.76. The molecular weight excluding hydrogens is 368 g/mol. The van der Waals surface area contributed by atoms with E-state index in [0.29, 0.717) is 23.5 Å². The normalized spacial score (nSPS) is 23.0. The average molecular weight is 392 g/mol. The van der Waals surface area contributed by atoms with Crippen LogP contribution in [0.4, 0.5) is 0 Å². The molecule has 3 aliphatic rings. The lowest BCUT2D eigenvalue weighted by Gasteiger charge is -2.41. The molecule has 2 N–H and O–H groups in total. The largest absolute Gasteiger partial charge is 0.489 e. The summed E-state index contributed by atoms with van der Waals surface area (Å²) in [5.41, 5.74) is 4.80. The summed E-state index contributed by atoms with van der Waals surface area (Å²) in [7, 11) is 0. The first-order valence-corrected chi connectivity index (χ1v) is 9.83. The molecule has 0 unspecified atom stereocenters. The lowest BCUT2D eigenvalue weighted by atomic mass is 9.78. The van der Waals surface area contributed by atoms with E-state index in [1.165, 1.54) is 0 Å². The van der Waals surface area contributed by atoms with Gasteiger partial charge in [-0.15, -0.1) is 0 Å². The SMILES string of the molecule is C=C1c2ccc3c(c2O[C@@H]2COc4cc(CO)c(CO)cc4[C@H]12)C=CC(C)(C)O3. The highest BCUT2D eigenvalue weighted by Gasteiger charge is 2.41. The molecule has 0 spiro atoms. The molecule has 0 bridgehead atoms. The van der Waals surface area contributed by atoms with Gasteiger partial charge in [0.25, 0.3) is 0 Å². The maximum atomic E-state index is 9.72. The van der Waals surface area contributed by atoms with Gasteiger partial charge in [0.15, 0.2) is 0 Å². The highest BCUT2D eigenvalue weighted by Crippen LogP contribution is 2.52. The van der Waals surface area contributed by atoms with E-state index in [1.807, 2.05) is 44.2 Å². The second kappa shape index (κ2) is 6.37. The summed E-state index contributed by atoms with van der Waals surface area (Å²) in [5, 5.41) is 19.3. The van der Waals surface area contributed by atoms with Crippen molar-refractivity contribution in [3.63, 3.8) is 0 Å². The van der Waals surface area contributed by atoms with E-state index in [1.54, 1.807) is 0 Å². The lowest BCUT2D eigenvalue weighted by molar-refractivity contribution is 0.0933. The fraction of sp³-hybridized carbons (Fsp3) is 0.333. The number of fused-ring (bicyclic) bond motifs is 6. The highest BCUT2D eigenvalue weighted by atomic mass is 16.5. The van der Waals surface area contributed by atoms with E-state index in [4.69, 9.17) is 14.2 Å². The smallest absolute Gasteiger partial charge is 0.144 e. The molecule has 0 fully saturated rings. The summed E-state index contributed by atoms with van der Waals surface area (Å²) in [4.78, 5) is 0. The predicted octanol–water partition coefficient (Wildman–Crippen LogP) is 3.81. The minimum Gasteiger partial charge on any atom is -0.489 e. The zero-order chi connectivity index (χ0) is 20.3. The average Bonchev–Trinajstić information content (AvgIpc) is 2.71. The molecule has 3 heterocycles. The van der Waals surface area contributed by atoms with Crippen molar-refractivity contribution in [1.82, 2.24) is 0 Å². The Morgan fingerprint density at radius 1 is 1.10 bits per heavy atom. The van der Waals surface area contributed by atoms with Crippen molar-refractivity contribution in [3.8, 4) is 17.2 Å². The van der Waals surface area contributed by atoms with Gasteiger partial charge in [0.2, 0.25) is 0 Å². The fourth-order valence-corrected chi connectivity index (χ4v) is 4.46. The van der Waals surface area contributed by atoms with E-state index in [-0.39, 0.29) is 30.8 Å². The molecule has 0 aromatic heterocycles. The molecular formula is C24H24O5. The van der Waals surface area contributed by atoms with Crippen molar-refractivity contribution in [2.24, 2.45) is 0 Å². The van der Waals surface area contributed by atoms with Crippen LogP contribution in [0.3, 0.4) is 0 Å². The Morgan fingerprint density at radius 3 is 2.62 bits per heavy atom. The van der Waals surface area contributed by atoms with E-state index < -0.39 is 0 Å². The van der Waals surface area contributed by atoms with Crippen LogP contribution >= 0.6 is 0 Å². The summed E-state index contributed by atoms with van der Waals surface area (Å²) in [5.74, 6) is 2.22. The number of benzene rings is 2. The van der Waals surface area contributed by atoms with Gasteiger partial charge in [-0.2, -0.15) is 0 Å². The van der Waals surface area contributed by atoms with Crippen molar-refractivity contribution in [3.05, 3.63) is 64.7 Å². The van der Waals surface area contributed by atoms with Gasteiger partial charge in [-0.3, -0.25) is 0 Å². The minimum absolute atomic E-state index is 0.0766. The number of ether oxygens (including phenoxy) is 3. The second-order valence-corrected chi connectivity index (χ2v) is 8.34. The minimum atomic E-state index is -0.354. The third-order valence-corrected chi connectivity index (χ3v) is 5.95. The van der Waals surface area contributed by atoms with E-state index in [9.17, 15) is 10.2 Å². The van der Waals surface area contributed by atoms with Gasteiger partial charge in [-0.25, -0.2) is 0 Å². The van der Waals surface area contributed by atoms with Crippen molar-refractivity contribution >= 4 is 11.6 Å². The number of aliphatic hydroxyl groups is 2.